The molecule has 0 fully saturated rings. The van der Waals surface area contributed by atoms with Crippen molar-refractivity contribution in [2.24, 2.45) is 5.73 Å². The highest BCUT2D eigenvalue weighted by molar-refractivity contribution is 7.88. The number of para-hydroxylation sites is 1. The molecule has 19 heavy (non-hydrogen) atoms. The zero-order chi connectivity index (χ0) is 14.3. The molecule has 0 spiro atoms. The molecule has 0 saturated heterocycles. The van der Waals surface area contributed by atoms with Gasteiger partial charge in [0, 0.05) is 0 Å². The van der Waals surface area contributed by atoms with Crippen LogP contribution in [0, 0.1) is 11.8 Å². The summed E-state index contributed by atoms with van der Waals surface area (Å²) < 4.78 is 29.0. The Balaban J connectivity index is 2.50. The Morgan fingerprint density at radius 1 is 1.37 bits per heavy atom. The minimum Gasteiger partial charge on any atom is -0.480 e. The van der Waals surface area contributed by atoms with E-state index in [1.807, 2.05) is 0 Å². The maximum atomic E-state index is 11.1. The van der Waals surface area contributed by atoms with Crippen molar-refractivity contribution in [3.8, 4) is 17.6 Å². The highest BCUT2D eigenvalue weighted by atomic mass is 32.2. The lowest BCUT2D eigenvalue weighted by molar-refractivity contribution is 0.0997. The molecular weight excluding hydrogens is 268 g/mol. The van der Waals surface area contributed by atoms with Crippen LogP contribution in [0.2, 0.25) is 0 Å². The van der Waals surface area contributed by atoms with Crippen molar-refractivity contribution in [2.75, 3.05) is 19.4 Å². The molecule has 1 aromatic rings. The molecule has 1 aromatic carbocycles. The van der Waals surface area contributed by atoms with Gasteiger partial charge in [-0.2, -0.15) is 0 Å². The van der Waals surface area contributed by atoms with Crippen LogP contribution in [0.1, 0.15) is 10.4 Å². The largest absolute Gasteiger partial charge is 0.480 e. The summed E-state index contributed by atoms with van der Waals surface area (Å²) in [4.78, 5) is 11.1. The first-order valence-corrected chi connectivity index (χ1v) is 7.21. The molecule has 0 atom stereocenters. The Hall–Kier alpha value is -2.04. The van der Waals surface area contributed by atoms with Gasteiger partial charge in [-0.25, -0.2) is 13.1 Å². The van der Waals surface area contributed by atoms with Crippen LogP contribution in [0.25, 0.3) is 0 Å². The summed E-state index contributed by atoms with van der Waals surface area (Å²) in [5, 5.41) is 0. The van der Waals surface area contributed by atoms with Gasteiger partial charge in [0.25, 0.3) is 5.91 Å². The number of amides is 1. The van der Waals surface area contributed by atoms with Crippen molar-refractivity contribution in [1.29, 1.82) is 0 Å². The zero-order valence-electron chi connectivity index (χ0n) is 10.3. The number of nitrogens with one attached hydrogen (secondary N) is 1. The van der Waals surface area contributed by atoms with Crippen LogP contribution < -0.4 is 15.2 Å². The van der Waals surface area contributed by atoms with E-state index in [4.69, 9.17) is 10.5 Å². The maximum absolute atomic E-state index is 11.1. The third-order valence-corrected chi connectivity index (χ3v) is 2.67. The van der Waals surface area contributed by atoms with Gasteiger partial charge < -0.3 is 10.5 Å². The smallest absolute Gasteiger partial charge is 0.252 e. The van der Waals surface area contributed by atoms with Gasteiger partial charge in [-0.3, -0.25) is 4.79 Å². The molecule has 102 valence electrons. The van der Waals surface area contributed by atoms with E-state index in [-0.39, 0.29) is 18.7 Å². The van der Waals surface area contributed by atoms with Crippen LogP contribution >= 0.6 is 0 Å². The fourth-order valence-electron chi connectivity index (χ4n) is 1.19. The number of carbonyl (C=O) groups is 1. The molecule has 6 nitrogen and oxygen atoms in total. The van der Waals surface area contributed by atoms with Gasteiger partial charge in [-0.05, 0) is 12.1 Å². The number of benzene rings is 1. The van der Waals surface area contributed by atoms with Crippen molar-refractivity contribution >= 4 is 15.9 Å². The SMILES string of the molecule is CS(=O)(=O)NCC#CCOc1ccccc1C(N)=O. The highest BCUT2D eigenvalue weighted by Gasteiger charge is 2.06. The van der Waals surface area contributed by atoms with Crippen LogP contribution in [0.4, 0.5) is 0 Å². The second kappa shape index (κ2) is 6.78. The number of primary amides is 1. The van der Waals surface area contributed by atoms with E-state index in [0.717, 1.165) is 6.26 Å². The molecule has 0 saturated carbocycles. The Kier molecular flexibility index (Phi) is 5.36. The van der Waals surface area contributed by atoms with Crippen LogP contribution in [0.5, 0.6) is 5.75 Å². The number of carbonyl (C=O) groups excluding carboxylic acids is 1. The van der Waals surface area contributed by atoms with Gasteiger partial charge in [0.05, 0.1) is 18.4 Å². The lowest BCUT2D eigenvalue weighted by Crippen LogP contribution is -2.22. The Morgan fingerprint density at radius 3 is 2.68 bits per heavy atom. The van der Waals surface area contributed by atoms with Gasteiger partial charge in [-0.1, -0.05) is 24.0 Å². The summed E-state index contributed by atoms with van der Waals surface area (Å²) >= 11 is 0. The molecule has 1 amide bonds. The van der Waals surface area contributed by atoms with Gasteiger partial charge >= 0.3 is 0 Å². The zero-order valence-corrected chi connectivity index (χ0v) is 11.2. The number of rotatable bonds is 5. The quantitative estimate of drug-likeness (QED) is 0.725. The summed E-state index contributed by atoms with van der Waals surface area (Å²) in [6, 6.07) is 6.54. The molecule has 1 rings (SSSR count). The molecule has 0 aromatic heterocycles. The van der Waals surface area contributed by atoms with Crippen LogP contribution in [-0.2, 0) is 10.0 Å². The molecule has 3 N–H and O–H groups in total. The van der Waals surface area contributed by atoms with Crippen molar-refractivity contribution in [3.05, 3.63) is 29.8 Å². The van der Waals surface area contributed by atoms with Gasteiger partial charge in [0.15, 0.2) is 0 Å². The van der Waals surface area contributed by atoms with Gasteiger partial charge in [0.2, 0.25) is 10.0 Å². The third kappa shape index (κ3) is 5.90. The minimum atomic E-state index is -3.24. The summed E-state index contributed by atoms with van der Waals surface area (Å²) in [6.07, 6.45) is 1.05. The van der Waals surface area contributed by atoms with Crippen LogP contribution in [-0.4, -0.2) is 33.7 Å². The normalized spacial score (nSPS) is 10.4. The first-order chi connectivity index (χ1) is 8.90. The summed E-state index contributed by atoms with van der Waals surface area (Å²) in [5.74, 6) is 4.97. The predicted molar refractivity (Wildman–Crippen MR) is 71.1 cm³/mol. The molecule has 0 heterocycles. The molecular formula is C12H14N2O4S. The highest BCUT2D eigenvalue weighted by Crippen LogP contribution is 2.16. The van der Waals surface area contributed by atoms with Crippen molar-refractivity contribution < 1.29 is 17.9 Å². The molecule has 7 heteroatoms. The Labute approximate surface area is 112 Å². The summed E-state index contributed by atoms with van der Waals surface area (Å²) in [5.41, 5.74) is 5.46. The van der Waals surface area contributed by atoms with Crippen LogP contribution in [0.15, 0.2) is 24.3 Å². The Bertz CT molecular complexity index is 614. The topological polar surface area (TPSA) is 98.5 Å². The van der Waals surface area contributed by atoms with Crippen molar-refractivity contribution in [2.45, 2.75) is 0 Å². The first-order valence-electron chi connectivity index (χ1n) is 5.32. The standard InChI is InChI=1S/C12H14N2O4S/c1-19(16,17)14-8-4-5-9-18-11-7-3-2-6-10(11)12(13)15/h2-3,6-7,14H,8-9H2,1H3,(H2,13,15). The van der Waals surface area contributed by atoms with E-state index >= 15 is 0 Å². The second-order valence-electron chi connectivity index (χ2n) is 3.60. The molecule has 0 radical (unpaired) electrons. The lowest BCUT2D eigenvalue weighted by atomic mass is 10.2. The van der Waals surface area contributed by atoms with Gasteiger partial charge in [0.1, 0.15) is 12.4 Å². The monoisotopic (exact) mass is 282 g/mol. The molecule has 0 aliphatic carbocycles. The number of sulfonamides is 1. The molecule has 0 bridgehead atoms. The lowest BCUT2D eigenvalue weighted by Gasteiger charge is -2.05. The molecule has 0 aliphatic heterocycles. The molecule has 0 unspecified atom stereocenters. The third-order valence-electron chi connectivity index (χ3n) is 2.00. The first kappa shape index (κ1) is 15.0. The van der Waals surface area contributed by atoms with Crippen molar-refractivity contribution in [1.82, 2.24) is 4.72 Å². The average molecular weight is 282 g/mol. The van der Waals surface area contributed by atoms with Crippen LogP contribution in [0.3, 0.4) is 0 Å². The summed E-state index contributed by atoms with van der Waals surface area (Å²) in [7, 11) is -3.24. The number of ether oxygens (including phenoxy) is 1. The van der Waals surface area contributed by atoms with E-state index in [0.29, 0.717) is 5.75 Å². The Morgan fingerprint density at radius 2 is 2.05 bits per heavy atom. The maximum Gasteiger partial charge on any atom is 0.252 e. The second-order valence-corrected chi connectivity index (χ2v) is 5.43. The summed E-state index contributed by atoms with van der Waals surface area (Å²) in [6.45, 7) is 0.0510. The van der Waals surface area contributed by atoms with E-state index in [1.165, 1.54) is 0 Å². The van der Waals surface area contributed by atoms with Crippen molar-refractivity contribution in [3.63, 3.8) is 0 Å². The number of hydrogen-bond donors (Lipinski definition) is 2. The fraction of sp³-hybridized carbons (Fsp3) is 0.250. The number of nitrogens with two attached hydrogens (primary N) is 1. The van der Waals surface area contributed by atoms with Gasteiger partial charge in [-0.15, -0.1) is 0 Å². The predicted octanol–water partition coefficient (Wildman–Crippen LogP) is -0.283. The van der Waals surface area contributed by atoms with E-state index in [1.54, 1.807) is 24.3 Å². The van der Waals surface area contributed by atoms with E-state index < -0.39 is 15.9 Å². The van der Waals surface area contributed by atoms with E-state index in [2.05, 4.69) is 16.6 Å². The minimum absolute atomic E-state index is 0.0136. The average Bonchev–Trinajstić information content (AvgIpc) is 2.32. The number of hydrogen-bond acceptors (Lipinski definition) is 4. The fourth-order valence-corrected chi connectivity index (χ4v) is 1.52. The molecule has 0 aliphatic rings. The van der Waals surface area contributed by atoms with E-state index in [9.17, 15) is 13.2 Å².